The summed E-state index contributed by atoms with van der Waals surface area (Å²) in [6.45, 7) is 8.94. The summed E-state index contributed by atoms with van der Waals surface area (Å²) in [5, 5.41) is 0. The van der Waals surface area contributed by atoms with Crippen molar-refractivity contribution in [2.75, 3.05) is 26.2 Å². The van der Waals surface area contributed by atoms with Crippen LogP contribution in [0.15, 0.2) is 30.3 Å². The number of piperidine rings is 1. The monoisotopic (exact) mass is 246 g/mol. The lowest BCUT2D eigenvalue weighted by atomic mass is 9.73. The van der Waals surface area contributed by atoms with Crippen molar-refractivity contribution in [3.63, 3.8) is 0 Å². The van der Waals surface area contributed by atoms with Gasteiger partial charge in [0.25, 0.3) is 0 Å². The predicted octanol–water partition coefficient (Wildman–Crippen LogP) is 2.63. The van der Waals surface area contributed by atoms with E-state index in [0.717, 1.165) is 12.5 Å². The summed E-state index contributed by atoms with van der Waals surface area (Å²) in [6.07, 6.45) is 2.39. The number of benzene rings is 1. The molecule has 18 heavy (non-hydrogen) atoms. The molecular weight excluding hydrogens is 220 g/mol. The average molecular weight is 246 g/mol. The fraction of sp³-hybridized carbons (Fsp3) is 0.625. The van der Waals surface area contributed by atoms with Gasteiger partial charge < -0.3 is 10.6 Å². The molecule has 2 heteroatoms. The van der Waals surface area contributed by atoms with Gasteiger partial charge in [-0.25, -0.2) is 0 Å². The van der Waals surface area contributed by atoms with E-state index in [2.05, 4.69) is 49.1 Å². The molecule has 2 N–H and O–H groups in total. The molecule has 1 aliphatic rings. The van der Waals surface area contributed by atoms with Gasteiger partial charge >= 0.3 is 0 Å². The van der Waals surface area contributed by atoms with Gasteiger partial charge in [0, 0.05) is 18.5 Å². The van der Waals surface area contributed by atoms with Crippen LogP contribution in [-0.4, -0.2) is 31.1 Å². The first-order valence-corrected chi connectivity index (χ1v) is 7.14. The Morgan fingerprint density at radius 2 is 1.78 bits per heavy atom. The molecule has 0 saturated carbocycles. The van der Waals surface area contributed by atoms with E-state index in [1.54, 1.807) is 0 Å². The molecule has 1 aromatic rings. The molecule has 0 spiro atoms. The minimum absolute atomic E-state index is 0.217. The fourth-order valence-corrected chi connectivity index (χ4v) is 3.08. The van der Waals surface area contributed by atoms with Crippen LogP contribution in [0.5, 0.6) is 0 Å². The molecule has 1 heterocycles. The third-order valence-electron chi connectivity index (χ3n) is 4.21. The number of nitrogens with two attached hydrogens (primary N) is 1. The zero-order valence-electron chi connectivity index (χ0n) is 11.7. The van der Waals surface area contributed by atoms with Gasteiger partial charge in [-0.1, -0.05) is 44.2 Å². The predicted molar refractivity (Wildman–Crippen MR) is 77.7 cm³/mol. The molecular formula is C16H26N2. The Hall–Kier alpha value is -0.860. The Bertz CT molecular complexity index is 351. The van der Waals surface area contributed by atoms with E-state index in [4.69, 9.17) is 5.73 Å². The first-order valence-electron chi connectivity index (χ1n) is 7.14. The standard InChI is InChI=1S/C16H26N2/c1-14(2)12-18-10-8-16(13-17,9-11-18)15-6-4-3-5-7-15/h3-7,14H,8-13,17H2,1-2H3. The Labute approximate surface area is 111 Å². The summed E-state index contributed by atoms with van der Waals surface area (Å²) in [5.41, 5.74) is 7.74. The van der Waals surface area contributed by atoms with Gasteiger partial charge in [0.15, 0.2) is 0 Å². The zero-order chi connectivity index (χ0) is 13.0. The van der Waals surface area contributed by atoms with Crippen LogP contribution in [0.25, 0.3) is 0 Å². The molecule has 0 aromatic heterocycles. The van der Waals surface area contributed by atoms with Gasteiger partial charge in [0.2, 0.25) is 0 Å². The van der Waals surface area contributed by atoms with Crippen molar-refractivity contribution in [3.8, 4) is 0 Å². The Morgan fingerprint density at radius 3 is 2.28 bits per heavy atom. The minimum Gasteiger partial charge on any atom is -0.330 e. The van der Waals surface area contributed by atoms with Gasteiger partial charge in [0.05, 0.1) is 0 Å². The molecule has 2 nitrogen and oxygen atoms in total. The van der Waals surface area contributed by atoms with Gasteiger partial charge in [0.1, 0.15) is 0 Å². The van der Waals surface area contributed by atoms with Crippen LogP contribution in [0, 0.1) is 5.92 Å². The van der Waals surface area contributed by atoms with Crippen LogP contribution in [0.2, 0.25) is 0 Å². The molecule has 1 aromatic carbocycles. The maximum atomic E-state index is 6.10. The van der Waals surface area contributed by atoms with Crippen LogP contribution in [0.4, 0.5) is 0 Å². The second kappa shape index (κ2) is 5.85. The van der Waals surface area contributed by atoms with Gasteiger partial charge in [-0.15, -0.1) is 0 Å². The highest BCUT2D eigenvalue weighted by Gasteiger charge is 2.34. The highest BCUT2D eigenvalue weighted by atomic mass is 15.1. The van der Waals surface area contributed by atoms with E-state index in [1.165, 1.54) is 38.0 Å². The van der Waals surface area contributed by atoms with Crippen molar-refractivity contribution in [3.05, 3.63) is 35.9 Å². The molecule has 0 unspecified atom stereocenters. The summed E-state index contributed by atoms with van der Waals surface area (Å²) < 4.78 is 0. The lowest BCUT2D eigenvalue weighted by Crippen LogP contribution is -2.47. The maximum absolute atomic E-state index is 6.10. The summed E-state index contributed by atoms with van der Waals surface area (Å²) >= 11 is 0. The Balaban J connectivity index is 2.05. The van der Waals surface area contributed by atoms with Crippen molar-refractivity contribution < 1.29 is 0 Å². The van der Waals surface area contributed by atoms with Crippen molar-refractivity contribution in [1.82, 2.24) is 4.90 Å². The first-order chi connectivity index (χ1) is 8.66. The summed E-state index contributed by atoms with van der Waals surface area (Å²) in [7, 11) is 0. The topological polar surface area (TPSA) is 29.3 Å². The maximum Gasteiger partial charge on any atom is 0.00998 e. The van der Waals surface area contributed by atoms with Crippen molar-refractivity contribution in [1.29, 1.82) is 0 Å². The van der Waals surface area contributed by atoms with Crippen LogP contribution in [-0.2, 0) is 5.41 Å². The second-order valence-electron chi connectivity index (χ2n) is 6.04. The second-order valence-corrected chi connectivity index (χ2v) is 6.04. The number of rotatable bonds is 4. The van der Waals surface area contributed by atoms with E-state index in [-0.39, 0.29) is 5.41 Å². The van der Waals surface area contributed by atoms with Gasteiger partial charge in [-0.05, 0) is 37.4 Å². The first kappa shape index (κ1) is 13.6. The Morgan fingerprint density at radius 1 is 1.17 bits per heavy atom. The summed E-state index contributed by atoms with van der Waals surface area (Å²) in [6, 6.07) is 10.8. The quantitative estimate of drug-likeness (QED) is 0.885. The number of likely N-dealkylation sites (tertiary alicyclic amines) is 1. The SMILES string of the molecule is CC(C)CN1CCC(CN)(c2ccccc2)CC1. The molecule has 0 radical (unpaired) electrons. The molecule has 1 aliphatic heterocycles. The van der Waals surface area contributed by atoms with Crippen molar-refractivity contribution >= 4 is 0 Å². The Kier molecular flexibility index (Phi) is 4.41. The van der Waals surface area contributed by atoms with Gasteiger partial charge in [-0.3, -0.25) is 0 Å². The van der Waals surface area contributed by atoms with Crippen LogP contribution in [0.3, 0.4) is 0 Å². The van der Waals surface area contributed by atoms with E-state index < -0.39 is 0 Å². The van der Waals surface area contributed by atoms with Crippen molar-refractivity contribution in [2.24, 2.45) is 11.7 Å². The molecule has 1 saturated heterocycles. The minimum atomic E-state index is 0.217. The number of hydrogen-bond donors (Lipinski definition) is 1. The largest absolute Gasteiger partial charge is 0.330 e. The normalized spacial score (nSPS) is 20.2. The van der Waals surface area contributed by atoms with E-state index in [9.17, 15) is 0 Å². The molecule has 1 fully saturated rings. The molecule has 0 bridgehead atoms. The van der Waals surface area contributed by atoms with Crippen LogP contribution >= 0.6 is 0 Å². The lowest BCUT2D eigenvalue weighted by Gasteiger charge is -2.42. The highest BCUT2D eigenvalue weighted by molar-refractivity contribution is 5.26. The molecule has 100 valence electrons. The van der Waals surface area contributed by atoms with Gasteiger partial charge in [-0.2, -0.15) is 0 Å². The molecule has 2 rings (SSSR count). The zero-order valence-corrected chi connectivity index (χ0v) is 11.7. The summed E-state index contributed by atoms with van der Waals surface area (Å²) in [4.78, 5) is 2.58. The molecule has 0 atom stereocenters. The molecule has 0 amide bonds. The van der Waals surface area contributed by atoms with E-state index >= 15 is 0 Å². The van der Waals surface area contributed by atoms with E-state index in [1.807, 2.05) is 0 Å². The smallest absolute Gasteiger partial charge is 0.00998 e. The highest BCUT2D eigenvalue weighted by Crippen LogP contribution is 2.34. The lowest BCUT2D eigenvalue weighted by molar-refractivity contribution is 0.148. The van der Waals surface area contributed by atoms with Crippen LogP contribution in [0.1, 0.15) is 32.3 Å². The van der Waals surface area contributed by atoms with E-state index in [0.29, 0.717) is 0 Å². The van der Waals surface area contributed by atoms with Crippen molar-refractivity contribution in [2.45, 2.75) is 32.1 Å². The molecule has 0 aliphatic carbocycles. The number of nitrogens with zero attached hydrogens (tertiary/aromatic N) is 1. The third-order valence-corrected chi connectivity index (χ3v) is 4.21. The summed E-state index contributed by atoms with van der Waals surface area (Å²) in [5.74, 6) is 0.757. The fourth-order valence-electron chi connectivity index (χ4n) is 3.08. The number of hydrogen-bond acceptors (Lipinski definition) is 2. The average Bonchev–Trinajstić information content (AvgIpc) is 2.40. The third kappa shape index (κ3) is 2.93. The van der Waals surface area contributed by atoms with Crippen LogP contribution < -0.4 is 5.73 Å².